The van der Waals surface area contributed by atoms with E-state index in [4.69, 9.17) is 33.2 Å². The normalized spacial score (nSPS) is 11.8. The number of ether oxygens (including phenoxy) is 1. The van der Waals surface area contributed by atoms with Gasteiger partial charge in [0.2, 0.25) is 0 Å². The molecule has 0 bridgehead atoms. The predicted octanol–water partition coefficient (Wildman–Crippen LogP) is 4.89. The Kier molecular flexibility index (Phi) is 4.72. The number of rotatable bonds is 3. The molecule has 21 heavy (non-hydrogen) atoms. The Hall–Kier alpha value is -1.76. The fourth-order valence-electron chi connectivity index (χ4n) is 2.22. The first kappa shape index (κ1) is 15.6. The molecule has 1 aromatic heterocycles. The Bertz CT molecular complexity index is 704. The largest absolute Gasteiger partial charge is 0.496 e. The molecule has 2 aromatic rings. The van der Waals surface area contributed by atoms with Crippen molar-refractivity contribution in [2.24, 2.45) is 0 Å². The van der Waals surface area contributed by atoms with Crippen LogP contribution in [0.2, 0.25) is 5.02 Å². The number of methoxy groups -OCH3 is 1. The van der Waals surface area contributed by atoms with Crippen LogP contribution in [0.15, 0.2) is 24.4 Å². The SMILES string of the molecule is COc1c(C(C)Cl)cc(Cl)c(C)c1-c1ccc(C#N)nc1. The molecule has 0 amide bonds. The molecule has 0 saturated carbocycles. The van der Waals surface area contributed by atoms with Crippen LogP contribution in [0.4, 0.5) is 0 Å². The molecule has 3 nitrogen and oxygen atoms in total. The van der Waals surface area contributed by atoms with Gasteiger partial charge in [-0.25, -0.2) is 4.98 Å². The lowest BCUT2D eigenvalue weighted by Crippen LogP contribution is -1.99. The van der Waals surface area contributed by atoms with Crippen LogP contribution in [0, 0.1) is 18.3 Å². The first-order valence-corrected chi connectivity index (χ1v) is 7.18. The highest BCUT2D eigenvalue weighted by Crippen LogP contribution is 2.43. The lowest BCUT2D eigenvalue weighted by molar-refractivity contribution is 0.411. The van der Waals surface area contributed by atoms with Crippen molar-refractivity contribution in [2.45, 2.75) is 19.2 Å². The summed E-state index contributed by atoms with van der Waals surface area (Å²) in [6.07, 6.45) is 1.64. The number of benzene rings is 1. The van der Waals surface area contributed by atoms with Gasteiger partial charge in [0.15, 0.2) is 0 Å². The number of alkyl halides is 1. The minimum atomic E-state index is -0.233. The van der Waals surface area contributed by atoms with Crippen molar-refractivity contribution in [1.82, 2.24) is 4.98 Å². The molecular formula is C16H14Cl2N2O. The number of hydrogen-bond acceptors (Lipinski definition) is 3. The van der Waals surface area contributed by atoms with Crippen molar-refractivity contribution in [2.75, 3.05) is 7.11 Å². The minimum Gasteiger partial charge on any atom is -0.496 e. The van der Waals surface area contributed by atoms with Crippen LogP contribution in [0.1, 0.15) is 29.1 Å². The van der Waals surface area contributed by atoms with E-state index in [1.54, 1.807) is 19.4 Å². The molecule has 1 unspecified atom stereocenters. The summed E-state index contributed by atoms with van der Waals surface area (Å²) in [5.74, 6) is 0.686. The molecular weight excluding hydrogens is 307 g/mol. The van der Waals surface area contributed by atoms with E-state index in [0.717, 1.165) is 22.3 Å². The predicted molar refractivity (Wildman–Crippen MR) is 85.0 cm³/mol. The van der Waals surface area contributed by atoms with Crippen molar-refractivity contribution in [3.05, 3.63) is 46.2 Å². The summed E-state index contributed by atoms with van der Waals surface area (Å²) in [5, 5.41) is 9.23. The van der Waals surface area contributed by atoms with E-state index in [1.807, 2.05) is 32.0 Å². The Labute approximate surface area is 134 Å². The van der Waals surface area contributed by atoms with Crippen molar-refractivity contribution < 1.29 is 4.74 Å². The Morgan fingerprint density at radius 2 is 2.10 bits per heavy atom. The van der Waals surface area contributed by atoms with Crippen LogP contribution in [0.3, 0.4) is 0 Å². The zero-order valence-corrected chi connectivity index (χ0v) is 13.5. The van der Waals surface area contributed by atoms with Gasteiger partial charge >= 0.3 is 0 Å². The van der Waals surface area contributed by atoms with Gasteiger partial charge in [-0.05, 0) is 37.6 Å². The van der Waals surface area contributed by atoms with Crippen molar-refractivity contribution in [1.29, 1.82) is 5.26 Å². The van der Waals surface area contributed by atoms with Gasteiger partial charge in [0.05, 0.1) is 12.5 Å². The second kappa shape index (κ2) is 6.34. The molecule has 5 heteroatoms. The smallest absolute Gasteiger partial charge is 0.140 e. The maximum Gasteiger partial charge on any atom is 0.140 e. The van der Waals surface area contributed by atoms with Crippen molar-refractivity contribution >= 4 is 23.2 Å². The zero-order valence-electron chi connectivity index (χ0n) is 11.9. The molecule has 1 atom stereocenters. The standard InChI is InChI=1S/C16H14Cl2N2O/c1-9-14(18)6-13(10(2)17)16(21-3)15(9)11-4-5-12(7-19)20-8-11/h4-6,8,10H,1-3H3. The molecule has 0 spiro atoms. The van der Waals surface area contributed by atoms with E-state index in [-0.39, 0.29) is 5.38 Å². The average Bonchev–Trinajstić information content (AvgIpc) is 2.49. The van der Waals surface area contributed by atoms with Crippen LogP contribution >= 0.6 is 23.2 Å². The van der Waals surface area contributed by atoms with E-state index in [9.17, 15) is 0 Å². The molecule has 0 aliphatic rings. The Balaban J connectivity index is 2.73. The molecule has 0 fully saturated rings. The summed E-state index contributed by atoms with van der Waals surface area (Å²) in [7, 11) is 1.60. The zero-order chi connectivity index (χ0) is 15.6. The first-order valence-electron chi connectivity index (χ1n) is 6.37. The van der Waals surface area contributed by atoms with Crippen LogP contribution < -0.4 is 4.74 Å². The minimum absolute atomic E-state index is 0.233. The third kappa shape index (κ3) is 2.97. The lowest BCUT2D eigenvalue weighted by atomic mass is 9.96. The summed E-state index contributed by atoms with van der Waals surface area (Å²) in [4.78, 5) is 4.10. The van der Waals surface area contributed by atoms with E-state index < -0.39 is 0 Å². The first-order chi connectivity index (χ1) is 9.99. The molecule has 0 aliphatic carbocycles. The maximum atomic E-state index is 8.84. The highest BCUT2D eigenvalue weighted by Gasteiger charge is 2.20. The highest BCUT2D eigenvalue weighted by molar-refractivity contribution is 6.32. The van der Waals surface area contributed by atoms with Gasteiger partial charge < -0.3 is 4.74 Å². The molecule has 0 saturated heterocycles. The van der Waals surface area contributed by atoms with Crippen LogP contribution in [-0.2, 0) is 0 Å². The van der Waals surface area contributed by atoms with Gasteiger partial charge in [0.25, 0.3) is 0 Å². The molecule has 0 aliphatic heterocycles. The lowest BCUT2D eigenvalue weighted by Gasteiger charge is -2.19. The third-order valence-electron chi connectivity index (χ3n) is 3.30. The summed E-state index contributed by atoms with van der Waals surface area (Å²) in [5.41, 5.74) is 3.77. The summed E-state index contributed by atoms with van der Waals surface area (Å²) < 4.78 is 5.55. The van der Waals surface area contributed by atoms with Crippen LogP contribution in [0.25, 0.3) is 11.1 Å². The average molecular weight is 321 g/mol. The number of nitrogens with zero attached hydrogens (tertiary/aromatic N) is 2. The Morgan fingerprint density at radius 3 is 2.57 bits per heavy atom. The van der Waals surface area contributed by atoms with Crippen molar-refractivity contribution in [3.8, 4) is 22.9 Å². The van der Waals surface area contributed by atoms with Gasteiger partial charge in [0, 0.05) is 27.9 Å². The van der Waals surface area contributed by atoms with E-state index in [2.05, 4.69) is 4.98 Å². The topological polar surface area (TPSA) is 45.9 Å². The summed E-state index contributed by atoms with van der Waals surface area (Å²) in [6.45, 7) is 3.78. The summed E-state index contributed by atoms with van der Waals surface area (Å²) >= 11 is 12.5. The molecule has 108 valence electrons. The number of nitriles is 1. The molecule has 0 radical (unpaired) electrons. The van der Waals surface area contributed by atoms with Gasteiger partial charge in [0.1, 0.15) is 17.5 Å². The molecule has 0 N–H and O–H groups in total. The van der Waals surface area contributed by atoms with E-state index in [0.29, 0.717) is 16.5 Å². The van der Waals surface area contributed by atoms with Gasteiger partial charge in [-0.2, -0.15) is 5.26 Å². The number of aromatic nitrogens is 1. The highest BCUT2D eigenvalue weighted by atomic mass is 35.5. The molecule has 1 aromatic carbocycles. The third-order valence-corrected chi connectivity index (χ3v) is 3.93. The second-order valence-electron chi connectivity index (χ2n) is 4.64. The second-order valence-corrected chi connectivity index (χ2v) is 5.70. The number of pyridine rings is 1. The van der Waals surface area contributed by atoms with Crippen molar-refractivity contribution in [3.63, 3.8) is 0 Å². The van der Waals surface area contributed by atoms with Crippen LogP contribution in [0.5, 0.6) is 5.75 Å². The molecule has 1 heterocycles. The quantitative estimate of drug-likeness (QED) is 0.756. The monoisotopic (exact) mass is 320 g/mol. The fourth-order valence-corrected chi connectivity index (χ4v) is 2.59. The molecule has 2 rings (SSSR count). The fraction of sp³-hybridized carbons (Fsp3) is 0.250. The maximum absolute atomic E-state index is 8.84. The van der Waals surface area contributed by atoms with Crippen LogP contribution in [-0.4, -0.2) is 12.1 Å². The van der Waals surface area contributed by atoms with E-state index in [1.165, 1.54) is 0 Å². The number of halogens is 2. The number of hydrogen-bond donors (Lipinski definition) is 0. The Morgan fingerprint density at radius 1 is 1.38 bits per heavy atom. The van der Waals surface area contributed by atoms with Gasteiger partial charge in [-0.3, -0.25) is 0 Å². The van der Waals surface area contributed by atoms with E-state index >= 15 is 0 Å². The van der Waals surface area contributed by atoms with Gasteiger partial charge in [-0.15, -0.1) is 11.6 Å². The van der Waals surface area contributed by atoms with Gasteiger partial charge in [-0.1, -0.05) is 11.6 Å². The summed E-state index contributed by atoms with van der Waals surface area (Å²) in [6, 6.07) is 7.32.